The average molecular weight is 378 g/mol. The lowest BCUT2D eigenvalue weighted by atomic mass is 10.1. The van der Waals surface area contributed by atoms with Crippen LogP contribution < -0.4 is 15.5 Å². The fourth-order valence-electron chi connectivity index (χ4n) is 3.09. The molecule has 0 aliphatic rings. The zero-order chi connectivity index (χ0) is 18.6. The van der Waals surface area contributed by atoms with Crippen molar-refractivity contribution in [1.82, 2.24) is 4.40 Å². The number of aromatic nitrogens is 1. The molecule has 0 saturated carbocycles. The van der Waals surface area contributed by atoms with Crippen molar-refractivity contribution in [3.63, 3.8) is 0 Å². The Morgan fingerprint density at radius 1 is 1.35 bits per heavy atom. The summed E-state index contributed by atoms with van der Waals surface area (Å²) in [7, 11) is 0. The van der Waals surface area contributed by atoms with Gasteiger partial charge in [-0.15, -0.1) is 11.3 Å². The Bertz CT molecular complexity index is 1280. The summed E-state index contributed by atoms with van der Waals surface area (Å²) in [6.07, 6.45) is -1.04. The third kappa shape index (κ3) is 2.10. The van der Waals surface area contributed by atoms with Gasteiger partial charge in [-0.2, -0.15) is 0 Å². The molecular formula is C17H12F2N2O4S. The number of thiazole rings is 1. The van der Waals surface area contributed by atoms with Crippen molar-refractivity contribution in [3.05, 3.63) is 38.7 Å². The molecule has 1 aromatic carbocycles. The first-order valence-electron chi connectivity index (χ1n) is 7.87. The van der Waals surface area contributed by atoms with Crippen molar-refractivity contribution in [2.24, 2.45) is 4.99 Å². The second kappa shape index (κ2) is 5.87. The van der Waals surface area contributed by atoms with Gasteiger partial charge in [0.2, 0.25) is 11.2 Å². The largest absolute Gasteiger partial charge is 0.514 e. The maximum atomic E-state index is 14.5. The van der Waals surface area contributed by atoms with E-state index in [1.807, 2.05) is 0 Å². The average Bonchev–Trinajstić information content (AvgIpc) is 3.15. The van der Waals surface area contributed by atoms with Crippen LogP contribution in [0.5, 0.6) is 5.75 Å². The van der Waals surface area contributed by atoms with Gasteiger partial charge in [-0.3, -0.25) is 14.2 Å². The highest BCUT2D eigenvalue weighted by Crippen LogP contribution is 2.34. The lowest BCUT2D eigenvalue weighted by Gasteiger charge is -2.08. The van der Waals surface area contributed by atoms with Crippen LogP contribution in [0.4, 0.5) is 13.6 Å². The summed E-state index contributed by atoms with van der Waals surface area (Å²) in [4.78, 5) is 29.1. The topological polar surface area (TPSA) is 69.4 Å². The normalized spacial score (nSPS) is 12.7. The zero-order valence-corrected chi connectivity index (χ0v) is 14.6. The molecule has 0 bridgehead atoms. The first kappa shape index (κ1) is 16.6. The SMILES string of the molecule is CCN=c1c2c(F)c(F)cc3c(=O)c(OC(=O)OCC)c4scc1n4c32. The molecule has 134 valence electrons. The highest BCUT2D eigenvalue weighted by molar-refractivity contribution is 7.16. The minimum absolute atomic E-state index is 0.0468. The van der Waals surface area contributed by atoms with Gasteiger partial charge in [0.1, 0.15) is 4.83 Å². The summed E-state index contributed by atoms with van der Waals surface area (Å²) in [6, 6.07) is 0.817. The minimum atomic E-state index is -1.16. The molecule has 0 saturated heterocycles. The van der Waals surface area contributed by atoms with Crippen LogP contribution in [-0.2, 0) is 4.74 Å². The highest BCUT2D eigenvalue weighted by Gasteiger charge is 2.27. The number of ether oxygens (including phenoxy) is 2. The molecule has 3 aromatic heterocycles. The molecule has 4 aromatic rings. The molecule has 0 atom stereocenters. The summed E-state index contributed by atoms with van der Waals surface area (Å²) in [5.74, 6) is -2.50. The van der Waals surface area contributed by atoms with E-state index in [0.29, 0.717) is 16.9 Å². The van der Waals surface area contributed by atoms with Crippen LogP contribution >= 0.6 is 11.3 Å². The number of carbonyl (C=O) groups excluding carboxylic acids is 1. The van der Waals surface area contributed by atoms with E-state index in [-0.39, 0.29) is 34.0 Å². The van der Waals surface area contributed by atoms with Crippen LogP contribution in [0.15, 0.2) is 21.2 Å². The Hall–Kier alpha value is -2.81. The number of hydrogen-bond donors (Lipinski definition) is 0. The summed E-state index contributed by atoms with van der Waals surface area (Å²) in [6.45, 7) is 3.80. The Kier molecular flexibility index (Phi) is 3.76. The first-order valence-corrected chi connectivity index (χ1v) is 8.75. The smallest absolute Gasteiger partial charge is 0.434 e. The van der Waals surface area contributed by atoms with Crippen LogP contribution in [0.3, 0.4) is 0 Å². The molecule has 0 aliphatic heterocycles. The van der Waals surface area contributed by atoms with E-state index in [9.17, 15) is 18.4 Å². The molecule has 0 amide bonds. The standard InChI is InChI=1S/C17H12F2N2O4S/c1-3-20-12-9-6-26-16-15(25-17(23)24-4-2)14(22)7-5-8(18)11(19)10(12)13(7)21(9)16/h5-6H,3-4H2,1-2H3. The quantitative estimate of drug-likeness (QED) is 0.513. The molecular weight excluding hydrogens is 366 g/mol. The number of halogens is 2. The van der Waals surface area contributed by atoms with Gasteiger partial charge in [0.25, 0.3) is 0 Å². The molecule has 4 rings (SSSR count). The maximum Gasteiger partial charge on any atom is 0.514 e. The Morgan fingerprint density at radius 3 is 2.81 bits per heavy atom. The Balaban J connectivity index is 2.21. The van der Waals surface area contributed by atoms with Crippen molar-refractivity contribution in [2.75, 3.05) is 13.2 Å². The minimum Gasteiger partial charge on any atom is -0.434 e. The summed E-state index contributed by atoms with van der Waals surface area (Å²) in [5, 5.41) is 1.80. The van der Waals surface area contributed by atoms with E-state index in [0.717, 1.165) is 17.4 Å². The van der Waals surface area contributed by atoms with Crippen molar-refractivity contribution in [2.45, 2.75) is 13.8 Å². The third-order valence-corrected chi connectivity index (χ3v) is 4.96. The Labute approximate surface area is 148 Å². The zero-order valence-electron chi connectivity index (χ0n) is 13.8. The van der Waals surface area contributed by atoms with Crippen molar-refractivity contribution < 1.29 is 23.0 Å². The summed E-state index contributed by atoms with van der Waals surface area (Å²) >= 11 is 1.15. The van der Waals surface area contributed by atoms with E-state index < -0.39 is 23.2 Å². The van der Waals surface area contributed by atoms with Crippen LogP contribution in [0.25, 0.3) is 26.6 Å². The summed E-state index contributed by atoms with van der Waals surface area (Å²) < 4.78 is 40.0. The Morgan fingerprint density at radius 2 is 2.12 bits per heavy atom. The summed E-state index contributed by atoms with van der Waals surface area (Å²) in [5.41, 5.74) is 0.0352. The predicted octanol–water partition coefficient (Wildman–Crippen LogP) is 3.28. The predicted molar refractivity (Wildman–Crippen MR) is 92.6 cm³/mol. The van der Waals surface area contributed by atoms with Gasteiger partial charge in [0.05, 0.1) is 33.8 Å². The van der Waals surface area contributed by atoms with Crippen molar-refractivity contribution in [1.29, 1.82) is 0 Å². The fraction of sp³-hybridized carbons (Fsp3) is 0.235. The van der Waals surface area contributed by atoms with Gasteiger partial charge < -0.3 is 9.47 Å². The van der Waals surface area contributed by atoms with Gasteiger partial charge in [-0.25, -0.2) is 13.6 Å². The number of carbonyl (C=O) groups is 1. The van der Waals surface area contributed by atoms with Crippen LogP contribution in [-0.4, -0.2) is 23.7 Å². The van der Waals surface area contributed by atoms with Gasteiger partial charge in [0, 0.05) is 11.9 Å². The highest BCUT2D eigenvalue weighted by atomic mass is 32.1. The number of nitrogens with zero attached hydrogens (tertiary/aromatic N) is 2. The van der Waals surface area contributed by atoms with Crippen molar-refractivity contribution in [3.8, 4) is 5.75 Å². The number of pyridine rings is 1. The molecule has 6 nitrogen and oxygen atoms in total. The molecule has 0 aliphatic carbocycles. The molecule has 0 radical (unpaired) electrons. The van der Waals surface area contributed by atoms with E-state index in [1.54, 1.807) is 23.6 Å². The van der Waals surface area contributed by atoms with E-state index >= 15 is 0 Å². The van der Waals surface area contributed by atoms with E-state index in [1.165, 1.54) is 0 Å². The number of rotatable bonds is 3. The van der Waals surface area contributed by atoms with Gasteiger partial charge in [-0.05, 0) is 19.9 Å². The lowest BCUT2D eigenvalue weighted by Crippen LogP contribution is -2.17. The first-order chi connectivity index (χ1) is 12.5. The molecule has 26 heavy (non-hydrogen) atoms. The van der Waals surface area contributed by atoms with Crippen molar-refractivity contribution >= 4 is 44.1 Å². The molecule has 0 unspecified atom stereocenters. The van der Waals surface area contributed by atoms with Crippen LogP contribution in [0.1, 0.15) is 13.8 Å². The van der Waals surface area contributed by atoms with Crippen LogP contribution in [0.2, 0.25) is 0 Å². The van der Waals surface area contributed by atoms with E-state index in [4.69, 9.17) is 9.47 Å². The molecule has 9 heteroatoms. The second-order valence-electron chi connectivity index (χ2n) is 5.47. The second-order valence-corrected chi connectivity index (χ2v) is 6.33. The molecule has 0 fully saturated rings. The van der Waals surface area contributed by atoms with E-state index in [2.05, 4.69) is 4.99 Å². The number of benzene rings is 1. The molecule has 0 spiro atoms. The van der Waals surface area contributed by atoms with Gasteiger partial charge >= 0.3 is 6.16 Å². The van der Waals surface area contributed by atoms with Crippen LogP contribution in [0, 0.1) is 11.6 Å². The van der Waals surface area contributed by atoms with Gasteiger partial charge in [-0.1, -0.05) is 0 Å². The number of hydrogen-bond acceptors (Lipinski definition) is 6. The maximum absolute atomic E-state index is 14.5. The lowest BCUT2D eigenvalue weighted by molar-refractivity contribution is 0.104. The third-order valence-electron chi connectivity index (χ3n) is 4.03. The molecule has 3 heterocycles. The fourth-order valence-corrected chi connectivity index (χ4v) is 4.07. The monoisotopic (exact) mass is 378 g/mol. The molecule has 0 N–H and O–H groups in total. The van der Waals surface area contributed by atoms with Gasteiger partial charge in [0.15, 0.2) is 11.6 Å².